The summed E-state index contributed by atoms with van der Waals surface area (Å²) in [7, 11) is 3.22. The number of carbonyl (C=O) groups excluding carboxylic acids is 2. The molecule has 0 amide bonds. The van der Waals surface area contributed by atoms with Crippen molar-refractivity contribution >= 4 is 11.8 Å². The van der Waals surface area contributed by atoms with Crippen LogP contribution in [0.3, 0.4) is 0 Å². The van der Waals surface area contributed by atoms with E-state index in [0.717, 1.165) is 22.6 Å². The van der Waals surface area contributed by atoms with E-state index in [1.807, 2.05) is 49.4 Å². The SMILES string of the molecule is CCOC(=O)C1=C(C)NC2=CCCC(=O)C2C1c1ccc(COc2ccc(OC)cc2)c(OC)c1. The maximum Gasteiger partial charge on any atom is 0.336 e. The van der Waals surface area contributed by atoms with Gasteiger partial charge in [0.05, 0.1) is 32.3 Å². The predicted octanol–water partition coefficient (Wildman–Crippen LogP) is 4.67. The number of Topliss-reactive ketones (excluding diaryl/α,β-unsaturated/α-hetero) is 1. The van der Waals surface area contributed by atoms with Crippen LogP contribution in [-0.2, 0) is 20.9 Å². The highest BCUT2D eigenvalue weighted by atomic mass is 16.5. The van der Waals surface area contributed by atoms with Gasteiger partial charge in [0.2, 0.25) is 0 Å². The van der Waals surface area contributed by atoms with Gasteiger partial charge in [0.15, 0.2) is 0 Å². The first kappa shape index (κ1) is 24.4. The first-order valence-corrected chi connectivity index (χ1v) is 11.8. The van der Waals surface area contributed by atoms with Gasteiger partial charge in [-0.15, -0.1) is 0 Å². The molecular weight excluding hydrogens is 446 g/mol. The third-order valence-corrected chi connectivity index (χ3v) is 6.44. The molecule has 0 aromatic heterocycles. The van der Waals surface area contributed by atoms with Crippen LogP contribution >= 0.6 is 0 Å². The summed E-state index contributed by atoms with van der Waals surface area (Å²) in [6, 6.07) is 13.1. The van der Waals surface area contributed by atoms with Crippen LogP contribution in [0.5, 0.6) is 17.2 Å². The lowest BCUT2D eigenvalue weighted by atomic mass is 9.71. The van der Waals surface area contributed by atoms with Gasteiger partial charge in [-0.25, -0.2) is 4.79 Å². The molecule has 4 rings (SSSR count). The van der Waals surface area contributed by atoms with Crippen molar-refractivity contribution in [2.24, 2.45) is 5.92 Å². The lowest BCUT2D eigenvalue weighted by Gasteiger charge is -2.38. The molecular formula is C28H31NO6. The van der Waals surface area contributed by atoms with Gasteiger partial charge in [-0.2, -0.15) is 0 Å². The molecule has 1 heterocycles. The van der Waals surface area contributed by atoms with Gasteiger partial charge in [-0.1, -0.05) is 18.2 Å². The number of nitrogens with one attached hydrogen (secondary N) is 1. The molecule has 0 bridgehead atoms. The van der Waals surface area contributed by atoms with Crippen molar-refractivity contribution in [3.63, 3.8) is 0 Å². The molecule has 0 saturated heterocycles. The summed E-state index contributed by atoms with van der Waals surface area (Å²) < 4.78 is 22.2. The number of methoxy groups -OCH3 is 2. The van der Waals surface area contributed by atoms with E-state index in [4.69, 9.17) is 18.9 Å². The van der Waals surface area contributed by atoms with Gasteiger partial charge in [0, 0.05) is 29.3 Å². The lowest BCUT2D eigenvalue weighted by Crippen LogP contribution is -2.40. The van der Waals surface area contributed by atoms with Crippen LogP contribution in [0, 0.1) is 5.92 Å². The van der Waals surface area contributed by atoms with Crippen molar-refractivity contribution in [1.82, 2.24) is 5.32 Å². The quantitative estimate of drug-likeness (QED) is 0.553. The maximum absolute atomic E-state index is 13.1. The molecule has 7 heteroatoms. The maximum atomic E-state index is 13.1. The molecule has 2 aliphatic rings. The highest BCUT2D eigenvalue weighted by Crippen LogP contribution is 2.45. The number of carbonyl (C=O) groups is 2. The molecule has 2 unspecified atom stereocenters. The molecule has 0 fully saturated rings. The zero-order chi connectivity index (χ0) is 24.9. The normalized spacial score (nSPS) is 19.3. The first-order valence-electron chi connectivity index (χ1n) is 11.8. The molecule has 2 aromatic rings. The smallest absolute Gasteiger partial charge is 0.336 e. The van der Waals surface area contributed by atoms with Gasteiger partial charge in [0.1, 0.15) is 29.6 Å². The van der Waals surface area contributed by atoms with E-state index in [1.54, 1.807) is 21.1 Å². The fraction of sp³-hybridized carbons (Fsp3) is 0.357. The number of ether oxygens (including phenoxy) is 4. The van der Waals surface area contributed by atoms with Crippen molar-refractivity contribution in [1.29, 1.82) is 0 Å². The van der Waals surface area contributed by atoms with Crippen molar-refractivity contribution in [3.05, 3.63) is 76.6 Å². The van der Waals surface area contributed by atoms with E-state index in [1.165, 1.54) is 0 Å². The minimum atomic E-state index is -0.460. The molecule has 2 aromatic carbocycles. The molecule has 184 valence electrons. The van der Waals surface area contributed by atoms with E-state index in [2.05, 4.69) is 11.4 Å². The van der Waals surface area contributed by atoms with Crippen LogP contribution in [0.15, 0.2) is 65.5 Å². The van der Waals surface area contributed by atoms with Crippen LogP contribution < -0.4 is 19.5 Å². The first-order chi connectivity index (χ1) is 17.0. The zero-order valence-corrected chi connectivity index (χ0v) is 20.6. The van der Waals surface area contributed by atoms with Gasteiger partial charge in [0.25, 0.3) is 0 Å². The van der Waals surface area contributed by atoms with Crippen molar-refractivity contribution in [3.8, 4) is 17.2 Å². The minimum absolute atomic E-state index is 0.111. The number of allylic oxidation sites excluding steroid dienone is 3. The third-order valence-electron chi connectivity index (χ3n) is 6.44. The molecule has 1 N–H and O–H groups in total. The predicted molar refractivity (Wildman–Crippen MR) is 131 cm³/mol. The summed E-state index contributed by atoms with van der Waals surface area (Å²) in [6.45, 7) is 4.18. The molecule has 1 aliphatic heterocycles. The third kappa shape index (κ3) is 5.04. The molecule has 1 aliphatic carbocycles. The standard InChI is InChI=1S/C28H31NO6/c1-5-34-28(31)25-17(2)29-22-7-6-8-23(30)27(22)26(25)18-9-10-19(24(15-18)33-4)16-35-21-13-11-20(32-3)12-14-21/h7,9-15,26-27,29H,5-6,8,16H2,1-4H3. The number of esters is 1. The Hall–Kier alpha value is -3.74. The van der Waals surface area contributed by atoms with Crippen molar-refractivity contribution < 1.29 is 28.5 Å². The summed E-state index contributed by atoms with van der Waals surface area (Å²) in [4.78, 5) is 26.0. The fourth-order valence-corrected chi connectivity index (χ4v) is 4.76. The molecule has 35 heavy (non-hydrogen) atoms. The van der Waals surface area contributed by atoms with Gasteiger partial charge < -0.3 is 24.3 Å². The van der Waals surface area contributed by atoms with Gasteiger partial charge >= 0.3 is 5.97 Å². The van der Waals surface area contributed by atoms with Gasteiger partial charge in [-0.3, -0.25) is 4.79 Å². The van der Waals surface area contributed by atoms with E-state index in [-0.39, 0.29) is 12.4 Å². The van der Waals surface area contributed by atoms with Crippen LogP contribution in [0.4, 0.5) is 0 Å². The second-order valence-electron chi connectivity index (χ2n) is 8.54. The summed E-state index contributed by atoms with van der Waals surface area (Å²) in [6.07, 6.45) is 3.20. The Bertz CT molecular complexity index is 1160. The van der Waals surface area contributed by atoms with Crippen LogP contribution in [0.25, 0.3) is 0 Å². The lowest BCUT2D eigenvalue weighted by molar-refractivity contribution is -0.139. The molecule has 0 radical (unpaired) electrons. The average molecular weight is 478 g/mol. The van der Waals surface area contributed by atoms with E-state index >= 15 is 0 Å². The van der Waals surface area contributed by atoms with E-state index in [9.17, 15) is 9.59 Å². The Morgan fingerprint density at radius 3 is 2.46 bits per heavy atom. The molecule has 2 atom stereocenters. The topological polar surface area (TPSA) is 83.1 Å². The van der Waals surface area contributed by atoms with Gasteiger partial charge in [-0.05, 0) is 56.2 Å². The highest BCUT2D eigenvalue weighted by Gasteiger charge is 2.43. The second kappa shape index (κ2) is 10.7. The summed E-state index contributed by atoms with van der Waals surface area (Å²) in [5, 5.41) is 3.28. The monoisotopic (exact) mass is 477 g/mol. The van der Waals surface area contributed by atoms with E-state index < -0.39 is 17.8 Å². The summed E-state index contributed by atoms with van der Waals surface area (Å²) in [5.41, 5.74) is 3.71. The number of hydrogen-bond acceptors (Lipinski definition) is 7. The van der Waals surface area contributed by atoms with Crippen LogP contribution in [-0.4, -0.2) is 32.6 Å². The molecule has 0 saturated carbocycles. The van der Waals surface area contributed by atoms with E-state index in [0.29, 0.717) is 42.2 Å². The Morgan fingerprint density at radius 1 is 1.03 bits per heavy atom. The average Bonchev–Trinajstić information content (AvgIpc) is 2.87. The van der Waals surface area contributed by atoms with Crippen LogP contribution in [0.2, 0.25) is 0 Å². The minimum Gasteiger partial charge on any atom is -0.497 e. The Labute approximate surface area is 205 Å². The zero-order valence-electron chi connectivity index (χ0n) is 20.6. The second-order valence-corrected chi connectivity index (χ2v) is 8.54. The Morgan fingerprint density at radius 2 is 1.77 bits per heavy atom. The number of ketones is 1. The number of benzene rings is 2. The summed E-state index contributed by atoms with van der Waals surface area (Å²) in [5.74, 6) is 0.877. The largest absolute Gasteiger partial charge is 0.497 e. The Kier molecular flexibility index (Phi) is 7.44. The summed E-state index contributed by atoms with van der Waals surface area (Å²) >= 11 is 0. The molecule has 7 nitrogen and oxygen atoms in total. The molecule has 0 spiro atoms. The number of rotatable bonds is 8. The number of fused-ring (bicyclic) bond motifs is 1. The van der Waals surface area contributed by atoms with Crippen molar-refractivity contribution in [2.75, 3.05) is 20.8 Å². The number of hydrogen-bond donors (Lipinski definition) is 1. The Balaban J connectivity index is 1.68. The fourth-order valence-electron chi connectivity index (χ4n) is 4.76. The van der Waals surface area contributed by atoms with Crippen molar-refractivity contribution in [2.45, 2.75) is 39.2 Å². The highest BCUT2D eigenvalue weighted by molar-refractivity contribution is 5.96. The van der Waals surface area contributed by atoms with Crippen LogP contribution in [0.1, 0.15) is 43.7 Å².